The molecule has 0 saturated carbocycles. The van der Waals surface area contributed by atoms with Gasteiger partial charge in [0.2, 0.25) is 0 Å². The van der Waals surface area contributed by atoms with Gasteiger partial charge in [0, 0.05) is 0 Å². The van der Waals surface area contributed by atoms with Crippen LogP contribution in [0.3, 0.4) is 0 Å². The minimum Gasteiger partial charge on any atom is -1.00 e. The molecule has 0 aliphatic heterocycles. The Morgan fingerprint density at radius 3 is 1.77 bits per heavy atom. The van der Waals surface area contributed by atoms with Gasteiger partial charge in [-0.15, -0.1) is 0 Å². The van der Waals surface area contributed by atoms with Crippen molar-refractivity contribution in [1.29, 1.82) is 0 Å². The molecular weight excluding hydrogens is 259 g/mol. The summed E-state index contributed by atoms with van der Waals surface area (Å²) in [5.41, 5.74) is 0. The van der Waals surface area contributed by atoms with Crippen LogP contribution in [-0.2, 0) is 26.2 Å². The summed E-state index contributed by atoms with van der Waals surface area (Å²) in [5.74, 6) is 0. The van der Waals surface area contributed by atoms with Crippen molar-refractivity contribution in [2.75, 3.05) is 0 Å². The molecule has 0 amide bonds. The fraction of sp³-hybridized carbons (Fsp3) is 0.0909. The predicted molar refractivity (Wildman–Crippen MR) is 49.0 cm³/mol. The number of hydrogen-bond acceptors (Lipinski definition) is 0. The van der Waals surface area contributed by atoms with Gasteiger partial charge in [0.15, 0.2) is 0 Å². The second-order valence-corrected chi connectivity index (χ2v) is 1.80. The minimum atomic E-state index is 0. The van der Waals surface area contributed by atoms with Crippen LogP contribution in [0.1, 0.15) is 6.92 Å². The van der Waals surface area contributed by atoms with Crippen molar-refractivity contribution in [1.82, 2.24) is 0 Å². The van der Waals surface area contributed by atoms with Crippen molar-refractivity contribution >= 4 is 0 Å². The first-order chi connectivity index (χ1) is 5.41. The van der Waals surface area contributed by atoms with E-state index in [1.165, 1.54) is 6.08 Å². The summed E-state index contributed by atoms with van der Waals surface area (Å²) in [6, 6.07) is 12.5. The molecule has 0 aliphatic rings. The van der Waals surface area contributed by atoms with E-state index in [1.807, 2.05) is 43.3 Å². The number of rotatable bonds is 1. The molecule has 0 aromatic heterocycles. The van der Waals surface area contributed by atoms with Crippen LogP contribution in [0.25, 0.3) is 0 Å². The van der Waals surface area contributed by atoms with Crippen molar-refractivity contribution in [3.8, 4) is 0 Å². The van der Waals surface area contributed by atoms with Crippen molar-refractivity contribution in [2.45, 2.75) is 6.92 Å². The molecule has 0 atom stereocenters. The van der Waals surface area contributed by atoms with Gasteiger partial charge in [0.1, 0.15) is 0 Å². The number of hydrogen-bond donors (Lipinski definition) is 0. The first kappa shape index (κ1) is 18.6. The van der Waals surface area contributed by atoms with E-state index in [4.69, 9.17) is 6.58 Å². The van der Waals surface area contributed by atoms with Gasteiger partial charge in [-0.2, -0.15) is 42.5 Å². The molecule has 1 aromatic rings. The van der Waals surface area contributed by atoms with E-state index in [1.54, 1.807) is 6.08 Å². The Hall–Kier alpha value is -0.127. The minimum absolute atomic E-state index is 0. The molecule has 1 radical (unpaired) electrons. The summed E-state index contributed by atoms with van der Waals surface area (Å²) in [6.45, 7) is 6.85. The summed E-state index contributed by atoms with van der Waals surface area (Å²) in [7, 11) is 0. The van der Waals surface area contributed by atoms with E-state index in [9.17, 15) is 0 Å². The summed E-state index contributed by atoms with van der Waals surface area (Å²) in [6.07, 6.45) is 5.15. The monoisotopic (exact) mass is 269 g/mol. The van der Waals surface area contributed by atoms with E-state index < -0.39 is 0 Å². The Bertz CT molecular complexity index is 168. The zero-order valence-electron chi connectivity index (χ0n) is 7.57. The Kier molecular flexibility index (Phi) is 25.5. The zero-order chi connectivity index (χ0) is 8.36. The molecule has 2 heteroatoms. The zero-order valence-corrected chi connectivity index (χ0v) is 10.8. The van der Waals surface area contributed by atoms with Gasteiger partial charge in [-0.25, -0.2) is 12.2 Å². The average Bonchev–Trinajstić information content (AvgIpc) is 2.10. The molecule has 0 saturated heterocycles. The van der Waals surface area contributed by atoms with E-state index in [0.29, 0.717) is 0 Å². The number of halogens is 1. The Morgan fingerprint density at radius 1 is 1.15 bits per heavy atom. The Morgan fingerprint density at radius 2 is 1.69 bits per heavy atom. The third-order valence-electron chi connectivity index (χ3n) is 0.911. The average molecular weight is 271 g/mol. The first-order valence-corrected chi connectivity index (χ1v) is 3.49. The topological polar surface area (TPSA) is 0 Å². The maximum absolute atomic E-state index is 4.93. The SMILES string of the molecule is [CH-]=CC=CC.[Cl-].[Zr+3].[c-]1ccccc1. The molecule has 0 spiro atoms. The molecule has 1 aromatic carbocycles. The van der Waals surface area contributed by atoms with Crippen LogP contribution >= 0.6 is 0 Å². The van der Waals surface area contributed by atoms with Crippen LogP contribution in [-0.4, -0.2) is 0 Å². The Labute approximate surface area is 106 Å². The van der Waals surface area contributed by atoms with Crippen LogP contribution in [0.4, 0.5) is 0 Å². The molecule has 0 fully saturated rings. The van der Waals surface area contributed by atoms with Crippen LogP contribution in [0.5, 0.6) is 0 Å². The van der Waals surface area contributed by atoms with E-state index in [2.05, 4.69) is 6.07 Å². The van der Waals surface area contributed by atoms with Gasteiger partial charge in [0.05, 0.1) is 0 Å². The number of allylic oxidation sites excluding steroid dienone is 3. The third-order valence-corrected chi connectivity index (χ3v) is 0.911. The van der Waals surface area contributed by atoms with Gasteiger partial charge in [-0.05, 0) is 0 Å². The van der Waals surface area contributed by atoms with Gasteiger partial charge in [-0.3, -0.25) is 6.58 Å². The van der Waals surface area contributed by atoms with Crippen molar-refractivity contribution in [2.24, 2.45) is 0 Å². The molecule has 0 nitrogen and oxygen atoms in total. The van der Waals surface area contributed by atoms with Crippen molar-refractivity contribution < 1.29 is 38.6 Å². The van der Waals surface area contributed by atoms with Crippen LogP contribution in [0, 0.1) is 12.6 Å². The third kappa shape index (κ3) is 18.7. The Balaban J connectivity index is -0.000000136. The quantitative estimate of drug-likeness (QED) is 0.499. The number of benzene rings is 1. The smallest absolute Gasteiger partial charge is 1.00 e. The summed E-state index contributed by atoms with van der Waals surface area (Å²) in [4.78, 5) is 0. The van der Waals surface area contributed by atoms with E-state index in [-0.39, 0.29) is 38.6 Å². The molecule has 1 rings (SSSR count). The van der Waals surface area contributed by atoms with Crippen molar-refractivity contribution in [3.05, 3.63) is 61.2 Å². The molecule has 13 heavy (non-hydrogen) atoms. The first-order valence-electron chi connectivity index (χ1n) is 3.49. The summed E-state index contributed by atoms with van der Waals surface area (Å²) < 4.78 is 0. The molecule has 0 heterocycles. The van der Waals surface area contributed by atoms with Gasteiger partial charge >= 0.3 is 26.2 Å². The van der Waals surface area contributed by atoms with Gasteiger partial charge in [0.25, 0.3) is 0 Å². The van der Waals surface area contributed by atoms with Crippen molar-refractivity contribution in [3.63, 3.8) is 0 Å². The van der Waals surface area contributed by atoms with Gasteiger partial charge < -0.3 is 12.4 Å². The second-order valence-electron chi connectivity index (χ2n) is 1.80. The second kappa shape index (κ2) is 17.8. The maximum Gasteiger partial charge on any atom is 3.00 e. The molecule has 0 unspecified atom stereocenters. The van der Waals surface area contributed by atoms with Crippen LogP contribution < -0.4 is 12.4 Å². The van der Waals surface area contributed by atoms with E-state index >= 15 is 0 Å². The standard InChI is InChI=1S/C6H5.C5H7.ClH.Zr/c1-2-4-6-5-3-1;1-3-5-4-2;;/h1-5H;1,3-5H,2H3;1H;/q2*-1;;+3/p-1. The van der Waals surface area contributed by atoms with Crippen LogP contribution in [0.15, 0.2) is 48.6 Å². The normalized spacial score (nSPS) is 7.15. The fourth-order valence-electron chi connectivity index (χ4n) is 0.453. The molecular formula is C11H12ClZr. The largest absolute Gasteiger partial charge is 3.00 e. The maximum atomic E-state index is 4.93. The van der Waals surface area contributed by atoms with E-state index in [0.717, 1.165) is 0 Å². The summed E-state index contributed by atoms with van der Waals surface area (Å²) in [5, 5.41) is 0. The molecule has 67 valence electrons. The van der Waals surface area contributed by atoms with Gasteiger partial charge in [-0.1, -0.05) is 6.92 Å². The fourth-order valence-corrected chi connectivity index (χ4v) is 0.453. The molecule has 0 aliphatic carbocycles. The predicted octanol–water partition coefficient (Wildman–Crippen LogP) is 0.0400. The van der Waals surface area contributed by atoms with Crippen LogP contribution in [0.2, 0.25) is 0 Å². The summed E-state index contributed by atoms with van der Waals surface area (Å²) >= 11 is 0. The molecule has 0 N–H and O–H groups in total. The molecule has 0 bridgehead atoms.